The van der Waals surface area contributed by atoms with Gasteiger partial charge in [0, 0.05) is 36.1 Å². The van der Waals surface area contributed by atoms with E-state index in [1.807, 2.05) is 24.3 Å². The fourth-order valence-electron chi connectivity index (χ4n) is 2.85. The van der Waals surface area contributed by atoms with E-state index in [9.17, 15) is 0 Å². The lowest BCUT2D eigenvalue weighted by Gasteiger charge is -2.16. The van der Waals surface area contributed by atoms with E-state index in [0.717, 1.165) is 36.5 Å². The number of pyridine rings is 2. The molecule has 0 saturated heterocycles. The Kier molecular flexibility index (Phi) is 4.71. The number of aromatic nitrogens is 2. The molecule has 0 aliphatic carbocycles. The van der Waals surface area contributed by atoms with Crippen LogP contribution in [0.4, 0.5) is 11.5 Å². The average molecular weight is 306 g/mol. The van der Waals surface area contributed by atoms with Gasteiger partial charge in [0.15, 0.2) is 0 Å². The molecule has 0 atom stereocenters. The second kappa shape index (κ2) is 7.09. The molecule has 2 aromatic heterocycles. The van der Waals surface area contributed by atoms with Gasteiger partial charge in [0.05, 0.1) is 5.52 Å². The van der Waals surface area contributed by atoms with Crippen molar-refractivity contribution in [3.63, 3.8) is 0 Å². The van der Waals surface area contributed by atoms with Crippen LogP contribution >= 0.6 is 0 Å². The molecule has 3 aromatic rings. The van der Waals surface area contributed by atoms with E-state index in [0.29, 0.717) is 0 Å². The highest BCUT2D eigenvalue weighted by Gasteiger charge is 2.10. The molecule has 118 valence electrons. The maximum atomic E-state index is 4.72. The number of anilines is 2. The van der Waals surface area contributed by atoms with E-state index < -0.39 is 0 Å². The van der Waals surface area contributed by atoms with E-state index in [2.05, 4.69) is 47.7 Å². The van der Waals surface area contributed by atoms with E-state index in [4.69, 9.17) is 4.98 Å². The zero-order valence-electron chi connectivity index (χ0n) is 13.6. The van der Waals surface area contributed by atoms with Crippen molar-refractivity contribution in [1.82, 2.24) is 9.97 Å². The molecule has 1 aromatic carbocycles. The highest BCUT2D eigenvalue weighted by atomic mass is 15.0. The molecule has 0 spiro atoms. The second-order valence-corrected chi connectivity index (χ2v) is 5.49. The molecule has 4 heteroatoms. The Morgan fingerprint density at radius 1 is 0.957 bits per heavy atom. The molecule has 3 rings (SSSR count). The van der Waals surface area contributed by atoms with E-state index in [-0.39, 0.29) is 0 Å². The SMILES string of the molecule is CCc1c(C)nc2ccccc2c1NCCNc1ccccn1. The minimum absolute atomic E-state index is 0.815. The summed E-state index contributed by atoms with van der Waals surface area (Å²) in [4.78, 5) is 8.99. The van der Waals surface area contributed by atoms with Crippen LogP contribution in [0, 0.1) is 6.92 Å². The maximum absolute atomic E-state index is 4.72. The number of para-hydroxylation sites is 1. The van der Waals surface area contributed by atoms with Crippen LogP contribution in [0.5, 0.6) is 0 Å². The van der Waals surface area contributed by atoms with Crippen molar-refractivity contribution >= 4 is 22.4 Å². The van der Waals surface area contributed by atoms with Gasteiger partial charge in [0.2, 0.25) is 0 Å². The van der Waals surface area contributed by atoms with Crippen LogP contribution in [-0.2, 0) is 6.42 Å². The summed E-state index contributed by atoms with van der Waals surface area (Å²) in [6.45, 7) is 5.91. The molecule has 0 bridgehead atoms. The lowest BCUT2D eigenvalue weighted by molar-refractivity contribution is 1.03. The first kappa shape index (κ1) is 15.3. The molecule has 2 N–H and O–H groups in total. The van der Waals surface area contributed by atoms with Crippen molar-refractivity contribution in [2.45, 2.75) is 20.3 Å². The first-order valence-corrected chi connectivity index (χ1v) is 8.06. The fraction of sp³-hybridized carbons (Fsp3) is 0.263. The first-order chi connectivity index (χ1) is 11.3. The van der Waals surface area contributed by atoms with E-state index in [1.165, 1.54) is 16.6 Å². The van der Waals surface area contributed by atoms with Crippen molar-refractivity contribution in [1.29, 1.82) is 0 Å². The van der Waals surface area contributed by atoms with Gasteiger partial charge in [-0.1, -0.05) is 31.2 Å². The van der Waals surface area contributed by atoms with Gasteiger partial charge >= 0.3 is 0 Å². The van der Waals surface area contributed by atoms with Gasteiger partial charge in [-0.15, -0.1) is 0 Å². The molecule has 0 fully saturated rings. The molecular formula is C19H22N4. The van der Waals surface area contributed by atoms with Gasteiger partial charge in [-0.05, 0) is 37.1 Å². The van der Waals surface area contributed by atoms with Gasteiger partial charge in [0.25, 0.3) is 0 Å². The van der Waals surface area contributed by atoms with Crippen molar-refractivity contribution in [3.8, 4) is 0 Å². The second-order valence-electron chi connectivity index (χ2n) is 5.49. The number of fused-ring (bicyclic) bond motifs is 1. The topological polar surface area (TPSA) is 49.8 Å². The number of hydrogen-bond acceptors (Lipinski definition) is 4. The summed E-state index contributed by atoms with van der Waals surface area (Å²) in [5, 5.41) is 8.10. The Hall–Kier alpha value is -2.62. The molecule has 0 radical (unpaired) electrons. The quantitative estimate of drug-likeness (QED) is 0.675. The third kappa shape index (κ3) is 3.42. The summed E-state index contributed by atoms with van der Waals surface area (Å²) in [6, 6.07) is 14.2. The molecule has 0 unspecified atom stereocenters. The maximum Gasteiger partial charge on any atom is 0.125 e. The van der Waals surface area contributed by atoms with Crippen LogP contribution in [0.3, 0.4) is 0 Å². The van der Waals surface area contributed by atoms with Crippen LogP contribution in [0.1, 0.15) is 18.2 Å². The largest absolute Gasteiger partial charge is 0.382 e. The Bertz CT molecular complexity index is 784. The Balaban J connectivity index is 1.76. The lowest BCUT2D eigenvalue weighted by Crippen LogP contribution is -2.16. The Labute approximate surface area is 137 Å². The van der Waals surface area contributed by atoms with Gasteiger partial charge in [0.1, 0.15) is 5.82 Å². The summed E-state index contributed by atoms with van der Waals surface area (Å²) >= 11 is 0. The molecule has 0 saturated carbocycles. The van der Waals surface area contributed by atoms with Gasteiger partial charge in [-0.25, -0.2) is 4.98 Å². The molecular weight excluding hydrogens is 284 g/mol. The van der Waals surface area contributed by atoms with Crippen LogP contribution in [0.15, 0.2) is 48.7 Å². The lowest BCUT2D eigenvalue weighted by atomic mass is 10.0. The summed E-state index contributed by atoms with van der Waals surface area (Å²) < 4.78 is 0. The van der Waals surface area contributed by atoms with Crippen molar-refractivity contribution in [3.05, 3.63) is 59.9 Å². The third-order valence-electron chi connectivity index (χ3n) is 3.95. The summed E-state index contributed by atoms with van der Waals surface area (Å²) in [6.07, 6.45) is 2.77. The Morgan fingerprint density at radius 2 is 1.74 bits per heavy atom. The van der Waals surface area contributed by atoms with Crippen molar-refractivity contribution in [2.75, 3.05) is 23.7 Å². The van der Waals surface area contributed by atoms with Crippen LogP contribution in [0.2, 0.25) is 0 Å². The minimum Gasteiger partial charge on any atom is -0.382 e. The number of benzene rings is 1. The average Bonchev–Trinajstić information content (AvgIpc) is 2.59. The zero-order valence-corrected chi connectivity index (χ0v) is 13.6. The molecule has 2 heterocycles. The number of rotatable bonds is 6. The van der Waals surface area contributed by atoms with Gasteiger partial charge in [-0.2, -0.15) is 0 Å². The number of hydrogen-bond donors (Lipinski definition) is 2. The van der Waals surface area contributed by atoms with Crippen LogP contribution in [-0.4, -0.2) is 23.1 Å². The van der Waals surface area contributed by atoms with Crippen LogP contribution in [0.25, 0.3) is 10.9 Å². The molecule has 0 aliphatic rings. The highest BCUT2D eigenvalue weighted by Crippen LogP contribution is 2.28. The summed E-state index contributed by atoms with van der Waals surface area (Å²) in [5.74, 6) is 0.904. The first-order valence-electron chi connectivity index (χ1n) is 8.06. The zero-order chi connectivity index (χ0) is 16.1. The number of aryl methyl sites for hydroxylation is 1. The molecule has 0 aliphatic heterocycles. The molecule has 4 nitrogen and oxygen atoms in total. The summed E-state index contributed by atoms with van der Waals surface area (Å²) in [7, 11) is 0. The Morgan fingerprint density at radius 3 is 2.52 bits per heavy atom. The van der Waals surface area contributed by atoms with Crippen molar-refractivity contribution < 1.29 is 0 Å². The van der Waals surface area contributed by atoms with Crippen molar-refractivity contribution in [2.24, 2.45) is 0 Å². The van der Waals surface area contributed by atoms with E-state index >= 15 is 0 Å². The smallest absolute Gasteiger partial charge is 0.125 e. The monoisotopic (exact) mass is 306 g/mol. The minimum atomic E-state index is 0.815. The van der Waals surface area contributed by atoms with Gasteiger partial charge in [-0.3, -0.25) is 4.98 Å². The predicted octanol–water partition coefficient (Wildman–Crippen LogP) is 4.02. The third-order valence-corrected chi connectivity index (χ3v) is 3.95. The van der Waals surface area contributed by atoms with Crippen LogP contribution < -0.4 is 10.6 Å². The molecule has 0 amide bonds. The molecule has 23 heavy (non-hydrogen) atoms. The van der Waals surface area contributed by atoms with Gasteiger partial charge < -0.3 is 10.6 Å². The standard InChI is InChI=1S/C19H22N4/c1-3-15-14(2)23-17-9-5-4-8-16(17)19(15)22-13-12-21-18-10-6-7-11-20-18/h4-11H,3,12-13H2,1-2H3,(H,20,21)(H,22,23). The number of nitrogens with one attached hydrogen (secondary N) is 2. The summed E-state index contributed by atoms with van der Waals surface area (Å²) in [5.41, 5.74) is 4.65. The van der Waals surface area contributed by atoms with E-state index in [1.54, 1.807) is 6.20 Å². The predicted molar refractivity (Wildman–Crippen MR) is 97.1 cm³/mol. The fourth-order valence-corrected chi connectivity index (χ4v) is 2.85. The normalized spacial score (nSPS) is 10.7. The number of nitrogens with zero attached hydrogens (tertiary/aromatic N) is 2. The highest BCUT2D eigenvalue weighted by molar-refractivity contribution is 5.93.